The Bertz CT molecular complexity index is 674. The number of ketones is 1. The predicted octanol–water partition coefficient (Wildman–Crippen LogP) is 2.72. The lowest BCUT2D eigenvalue weighted by molar-refractivity contribution is -0.127. The van der Waals surface area contributed by atoms with E-state index in [0.717, 1.165) is 6.42 Å². The highest BCUT2D eigenvalue weighted by molar-refractivity contribution is 5.98. The summed E-state index contributed by atoms with van der Waals surface area (Å²) in [6, 6.07) is 7.49. The van der Waals surface area contributed by atoms with Crippen LogP contribution in [0.25, 0.3) is 0 Å². The third-order valence-corrected chi connectivity index (χ3v) is 5.57. The van der Waals surface area contributed by atoms with E-state index in [2.05, 4.69) is 31.4 Å². The Balaban J connectivity index is 2.08. The molecule has 0 saturated carbocycles. The summed E-state index contributed by atoms with van der Waals surface area (Å²) in [5.74, 6) is 0.164. The Labute approximate surface area is 167 Å². The normalized spacial score (nSPS) is 21.4. The van der Waals surface area contributed by atoms with E-state index in [4.69, 9.17) is 4.74 Å². The number of amides is 2. The van der Waals surface area contributed by atoms with E-state index in [0.29, 0.717) is 30.2 Å². The summed E-state index contributed by atoms with van der Waals surface area (Å²) in [5, 5.41) is 5.66. The molecule has 154 valence electrons. The summed E-state index contributed by atoms with van der Waals surface area (Å²) in [6.45, 7) is 8.36. The van der Waals surface area contributed by atoms with Gasteiger partial charge in [0, 0.05) is 5.56 Å². The van der Waals surface area contributed by atoms with Crippen molar-refractivity contribution in [3.8, 4) is 0 Å². The van der Waals surface area contributed by atoms with Crippen LogP contribution in [-0.2, 0) is 14.3 Å². The van der Waals surface area contributed by atoms with Gasteiger partial charge in [0.25, 0.3) is 5.91 Å². The molecule has 1 aliphatic heterocycles. The van der Waals surface area contributed by atoms with Crippen LogP contribution < -0.4 is 10.6 Å². The SMILES string of the molecule is CCC1OCC(=O)C1NC(=O)C(CCC(C)C(C)C)NC(=O)c1ccccc1. The van der Waals surface area contributed by atoms with Crippen LogP contribution in [0.15, 0.2) is 30.3 Å². The molecule has 0 radical (unpaired) electrons. The van der Waals surface area contributed by atoms with Crippen molar-refractivity contribution in [1.29, 1.82) is 0 Å². The minimum atomic E-state index is -0.695. The molecular formula is C22H32N2O4. The maximum atomic E-state index is 12.9. The first-order chi connectivity index (χ1) is 13.3. The summed E-state index contributed by atoms with van der Waals surface area (Å²) in [7, 11) is 0. The number of nitrogens with one attached hydrogen (secondary N) is 2. The number of hydrogen-bond acceptors (Lipinski definition) is 4. The molecule has 1 saturated heterocycles. The fourth-order valence-corrected chi connectivity index (χ4v) is 3.23. The molecule has 4 atom stereocenters. The van der Waals surface area contributed by atoms with Gasteiger partial charge >= 0.3 is 0 Å². The molecule has 0 spiro atoms. The molecule has 1 aromatic carbocycles. The predicted molar refractivity (Wildman–Crippen MR) is 108 cm³/mol. The van der Waals surface area contributed by atoms with Crippen LogP contribution >= 0.6 is 0 Å². The van der Waals surface area contributed by atoms with Gasteiger partial charge in [-0.2, -0.15) is 0 Å². The average Bonchev–Trinajstić information content (AvgIpc) is 3.04. The van der Waals surface area contributed by atoms with Gasteiger partial charge < -0.3 is 15.4 Å². The average molecular weight is 389 g/mol. The standard InChI is InChI=1S/C22H32N2O4/c1-5-19-20(18(25)13-28-19)24-22(27)17(12-11-15(4)14(2)3)23-21(26)16-9-7-6-8-10-16/h6-10,14-15,17,19-20H,5,11-13H2,1-4H3,(H,23,26)(H,24,27). The summed E-state index contributed by atoms with van der Waals surface area (Å²) in [6.07, 6.45) is 1.65. The topological polar surface area (TPSA) is 84.5 Å². The fourth-order valence-electron chi connectivity index (χ4n) is 3.23. The Morgan fingerprint density at radius 2 is 1.82 bits per heavy atom. The zero-order valence-corrected chi connectivity index (χ0v) is 17.2. The molecule has 1 aliphatic rings. The Morgan fingerprint density at radius 1 is 1.14 bits per heavy atom. The molecule has 6 nitrogen and oxygen atoms in total. The van der Waals surface area contributed by atoms with Crippen LogP contribution in [-0.4, -0.2) is 42.4 Å². The quantitative estimate of drug-likeness (QED) is 0.681. The van der Waals surface area contributed by atoms with Crippen LogP contribution in [0.5, 0.6) is 0 Å². The summed E-state index contributed by atoms with van der Waals surface area (Å²) in [4.78, 5) is 37.6. The molecule has 0 aromatic heterocycles. The van der Waals surface area contributed by atoms with Crippen molar-refractivity contribution in [3.63, 3.8) is 0 Å². The number of carbonyl (C=O) groups excluding carboxylic acids is 3. The lowest BCUT2D eigenvalue weighted by atomic mass is 9.91. The highest BCUT2D eigenvalue weighted by Gasteiger charge is 2.37. The number of Topliss-reactive ketones (excluding diaryl/α,β-unsaturated/α-hetero) is 1. The minimum absolute atomic E-state index is 0.0227. The van der Waals surface area contributed by atoms with Crippen LogP contribution in [0, 0.1) is 11.8 Å². The van der Waals surface area contributed by atoms with Gasteiger partial charge in [0.1, 0.15) is 18.7 Å². The maximum absolute atomic E-state index is 12.9. The van der Waals surface area contributed by atoms with Crippen molar-refractivity contribution in [1.82, 2.24) is 10.6 Å². The third-order valence-electron chi connectivity index (χ3n) is 5.57. The first-order valence-corrected chi connectivity index (χ1v) is 10.1. The van der Waals surface area contributed by atoms with Gasteiger partial charge in [0.05, 0.1) is 6.10 Å². The van der Waals surface area contributed by atoms with Gasteiger partial charge in [-0.1, -0.05) is 45.9 Å². The number of carbonyl (C=O) groups is 3. The summed E-state index contributed by atoms with van der Waals surface area (Å²) >= 11 is 0. The summed E-state index contributed by atoms with van der Waals surface area (Å²) < 4.78 is 5.44. The molecule has 2 N–H and O–H groups in total. The van der Waals surface area contributed by atoms with Crippen molar-refractivity contribution in [2.75, 3.05) is 6.61 Å². The zero-order chi connectivity index (χ0) is 20.7. The minimum Gasteiger partial charge on any atom is -0.368 e. The highest BCUT2D eigenvalue weighted by atomic mass is 16.5. The van der Waals surface area contributed by atoms with Gasteiger partial charge in [0.2, 0.25) is 5.91 Å². The fraction of sp³-hybridized carbons (Fsp3) is 0.591. The molecule has 1 aromatic rings. The smallest absolute Gasteiger partial charge is 0.251 e. The highest BCUT2D eigenvalue weighted by Crippen LogP contribution is 2.18. The van der Waals surface area contributed by atoms with Gasteiger partial charge in [-0.25, -0.2) is 0 Å². The Kier molecular flexibility index (Phi) is 8.18. The Hall–Kier alpha value is -2.21. The van der Waals surface area contributed by atoms with E-state index in [-0.39, 0.29) is 30.3 Å². The van der Waals surface area contributed by atoms with Crippen LogP contribution in [0.3, 0.4) is 0 Å². The lowest BCUT2D eigenvalue weighted by Gasteiger charge is -2.24. The van der Waals surface area contributed by atoms with E-state index in [9.17, 15) is 14.4 Å². The van der Waals surface area contributed by atoms with Crippen molar-refractivity contribution in [2.45, 2.75) is 65.1 Å². The van der Waals surface area contributed by atoms with Crippen molar-refractivity contribution in [3.05, 3.63) is 35.9 Å². The molecule has 0 bridgehead atoms. The van der Waals surface area contributed by atoms with Gasteiger partial charge in [-0.15, -0.1) is 0 Å². The Morgan fingerprint density at radius 3 is 2.43 bits per heavy atom. The monoisotopic (exact) mass is 388 g/mol. The van der Waals surface area contributed by atoms with Gasteiger partial charge in [-0.05, 0) is 43.2 Å². The van der Waals surface area contributed by atoms with E-state index < -0.39 is 12.1 Å². The zero-order valence-electron chi connectivity index (χ0n) is 17.2. The van der Waals surface area contributed by atoms with E-state index in [1.807, 2.05) is 13.0 Å². The molecule has 2 rings (SSSR count). The molecule has 0 aliphatic carbocycles. The van der Waals surface area contributed by atoms with Crippen LogP contribution in [0.1, 0.15) is 57.3 Å². The van der Waals surface area contributed by atoms with Gasteiger partial charge in [-0.3, -0.25) is 14.4 Å². The van der Waals surface area contributed by atoms with Crippen LogP contribution in [0.4, 0.5) is 0 Å². The van der Waals surface area contributed by atoms with E-state index in [1.165, 1.54) is 0 Å². The second kappa shape index (κ2) is 10.4. The number of benzene rings is 1. The molecule has 1 fully saturated rings. The largest absolute Gasteiger partial charge is 0.368 e. The van der Waals surface area contributed by atoms with Crippen LogP contribution in [0.2, 0.25) is 0 Å². The molecule has 1 heterocycles. The first-order valence-electron chi connectivity index (χ1n) is 10.1. The van der Waals surface area contributed by atoms with Gasteiger partial charge in [0.15, 0.2) is 5.78 Å². The first kappa shape index (κ1) is 22.1. The molecule has 6 heteroatoms. The summed E-state index contributed by atoms with van der Waals surface area (Å²) in [5.41, 5.74) is 0.504. The van der Waals surface area contributed by atoms with E-state index in [1.54, 1.807) is 24.3 Å². The second-order valence-corrected chi connectivity index (χ2v) is 7.90. The van der Waals surface area contributed by atoms with Crippen molar-refractivity contribution >= 4 is 17.6 Å². The van der Waals surface area contributed by atoms with E-state index >= 15 is 0 Å². The van der Waals surface area contributed by atoms with Crippen molar-refractivity contribution in [2.24, 2.45) is 11.8 Å². The van der Waals surface area contributed by atoms with Crippen molar-refractivity contribution < 1.29 is 19.1 Å². The molecule has 28 heavy (non-hydrogen) atoms. The number of hydrogen-bond donors (Lipinski definition) is 2. The third kappa shape index (κ3) is 5.89. The molecule has 2 amide bonds. The maximum Gasteiger partial charge on any atom is 0.251 e. The molecular weight excluding hydrogens is 356 g/mol. The molecule has 4 unspecified atom stereocenters. The number of rotatable bonds is 9. The lowest BCUT2D eigenvalue weighted by Crippen LogP contribution is -2.53. The second-order valence-electron chi connectivity index (χ2n) is 7.90. The number of ether oxygens (including phenoxy) is 1.